The van der Waals surface area contributed by atoms with E-state index in [-0.39, 0.29) is 5.41 Å². The minimum absolute atomic E-state index is 0.00107. The molecule has 0 radical (unpaired) electrons. The topological polar surface area (TPSA) is 18.5 Å². The molecule has 0 bridgehead atoms. The van der Waals surface area contributed by atoms with Gasteiger partial charge in [-0.15, -0.1) is 0 Å². The lowest BCUT2D eigenvalue weighted by Gasteiger charge is -2.08. The second-order valence-electron chi connectivity index (χ2n) is 5.44. The first-order valence-electron chi connectivity index (χ1n) is 6.32. The van der Waals surface area contributed by atoms with Gasteiger partial charge in [0.25, 0.3) is 0 Å². The van der Waals surface area contributed by atoms with Crippen LogP contribution in [0.4, 0.5) is 0 Å². The average Bonchev–Trinajstić information content (AvgIpc) is 2.36. The molecule has 0 atom stereocenters. The highest BCUT2D eigenvalue weighted by molar-refractivity contribution is 5.29. The molecule has 0 unspecified atom stereocenters. The second-order valence-corrected chi connectivity index (χ2v) is 5.44. The number of hydrogen-bond acceptors (Lipinski definition) is 2. The Morgan fingerprint density at radius 2 is 1.84 bits per heavy atom. The van der Waals surface area contributed by atoms with Crippen molar-refractivity contribution in [2.75, 3.05) is 13.7 Å². The van der Waals surface area contributed by atoms with Crippen LogP contribution >= 0.6 is 0 Å². The van der Waals surface area contributed by atoms with Crippen molar-refractivity contribution < 1.29 is 9.47 Å². The summed E-state index contributed by atoms with van der Waals surface area (Å²) in [5.41, 5.74) is 1.92. The Labute approximate surface area is 116 Å². The fourth-order valence-electron chi connectivity index (χ4n) is 1.33. The summed E-state index contributed by atoms with van der Waals surface area (Å²) in [5, 5.41) is 0. The molecule has 0 aliphatic rings. The van der Waals surface area contributed by atoms with E-state index in [2.05, 4.69) is 39.2 Å². The standard InChI is InChI=1S/C17H22O2/c1-14(10-11-17(2,3)4)12-19-13-15-6-8-16(18-5)9-7-15/h6-9H,1,12-13H2,2-5H3. The molecule has 1 aromatic rings. The average molecular weight is 258 g/mol. The summed E-state index contributed by atoms with van der Waals surface area (Å²) in [5.74, 6) is 7.03. The molecular formula is C17H22O2. The van der Waals surface area contributed by atoms with Gasteiger partial charge in [-0.1, -0.05) is 30.6 Å². The lowest BCUT2D eigenvalue weighted by atomic mass is 9.97. The van der Waals surface area contributed by atoms with Crippen molar-refractivity contribution in [3.63, 3.8) is 0 Å². The number of rotatable bonds is 5. The van der Waals surface area contributed by atoms with Crippen LogP contribution in [0.1, 0.15) is 26.3 Å². The van der Waals surface area contributed by atoms with Crippen LogP contribution < -0.4 is 4.74 Å². The van der Waals surface area contributed by atoms with Gasteiger partial charge in [0.1, 0.15) is 5.75 Å². The Balaban J connectivity index is 2.37. The van der Waals surface area contributed by atoms with Crippen LogP contribution in [0.5, 0.6) is 5.75 Å². The van der Waals surface area contributed by atoms with Gasteiger partial charge in [0.05, 0.1) is 20.3 Å². The third-order valence-electron chi connectivity index (χ3n) is 2.32. The summed E-state index contributed by atoms with van der Waals surface area (Å²) in [6.45, 7) is 11.1. The maximum absolute atomic E-state index is 5.58. The van der Waals surface area contributed by atoms with Crippen molar-refractivity contribution in [3.8, 4) is 17.6 Å². The van der Waals surface area contributed by atoms with Crippen LogP contribution in [0, 0.1) is 17.3 Å². The largest absolute Gasteiger partial charge is 0.497 e. The number of methoxy groups -OCH3 is 1. The monoisotopic (exact) mass is 258 g/mol. The third kappa shape index (κ3) is 6.69. The number of ether oxygens (including phenoxy) is 2. The van der Waals surface area contributed by atoms with E-state index < -0.39 is 0 Å². The van der Waals surface area contributed by atoms with Gasteiger partial charge in [0, 0.05) is 11.0 Å². The molecule has 1 aromatic carbocycles. The van der Waals surface area contributed by atoms with Gasteiger partial charge < -0.3 is 9.47 Å². The molecule has 0 spiro atoms. The SMILES string of the molecule is C=C(C#CC(C)(C)C)COCc1ccc(OC)cc1. The molecular weight excluding hydrogens is 236 g/mol. The molecule has 0 aliphatic heterocycles. The van der Waals surface area contributed by atoms with Gasteiger partial charge in [-0.25, -0.2) is 0 Å². The quantitative estimate of drug-likeness (QED) is 0.748. The zero-order valence-corrected chi connectivity index (χ0v) is 12.2. The predicted octanol–water partition coefficient (Wildman–Crippen LogP) is 3.82. The molecule has 0 heterocycles. The van der Waals surface area contributed by atoms with E-state index in [1.54, 1.807) is 7.11 Å². The van der Waals surface area contributed by atoms with Crippen LogP contribution in [0.25, 0.3) is 0 Å². The van der Waals surface area contributed by atoms with Gasteiger partial charge in [-0.05, 0) is 38.5 Å². The number of hydrogen-bond donors (Lipinski definition) is 0. The molecule has 2 nitrogen and oxygen atoms in total. The second kappa shape index (κ2) is 7.01. The summed E-state index contributed by atoms with van der Waals surface area (Å²) < 4.78 is 10.7. The fourth-order valence-corrected chi connectivity index (χ4v) is 1.33. The van der Waals surface area contributed by atoms with Crippen LogP contribution in [0.15, 0.2) is 36.4 Å². The molecule has 102 valence electrons. The summed E-state index contributed by atoms with van der Waals surface area (Å²) in [4.78, 5) is 0. The summed E-state index contributed by atoms with van der Waals surface area (Å²) in [6.07, 6.45) is 0. The Kier molecular flexibility index (Phi) is 5.66. The molecule has 2 heteroatoms. The minimum atomic E-state index is -0.00107. The van der Waals surface area contributed by atoms with E-state index in [4.69, 9.17) is 9.47 Å². The first-order chi connectivity index (χ1) is 8.90. The molecule has 0 fully saturated rings. The Bertz CT molecular complexity index is 467. The smallest absolute Gasteiger partial charge is 0.118 e. The fraction of sp³-hybridized carbons (Fsp3) is 0.412. The molecule has 0 saturated heterocycles. The van der Waals surface area contributed by atoms with Crippen molar-refractivity contribution in [2.24, 2.45) is 5.41 Å². The molecule has 0 saturated carbocycles. The van der Waals surface area contributed by atoms with Gasteiger partial charge in [0.2, 0.25) is 0 Å². The molecule has 19 heavy (non-hydrogen) atoms. The van der Waals surface area contributed by atoms with Crippen molar-refractivity contribution >= 4 is 0 Å². The van der Waals surface area contributed by atoms with Crippen LogP contribution in [-0.4, -0.2) is 13.7 Å². The highest BCUT2D eigenvalue weighted by Gasteiger charge is 2.03. The van der Waals surface area contributed by atoms with Crippen molar-refractivity contribution in [2.45, 2.75) is 27.4 Å². The zero-order chi connectivity index (χ0) is 14.3. The summed E-state index contributed by atoms with van der Waals surface area (Å²) >= 11 is 0. The van der Waals surface area contributed by atoms with E-state index in [1.165, 1.54) is 0 Å². The molecule has 1 rings (SSSR count). The van der Waals surface area contributed by atoms with Gasteiger partial charge in [-0.2, -0.15) is 0 Å². The van der Waals surface area contributed by atoms with Crippen molar-refractivity contribution in [3.05, 3.63) is 42.0 Å². The van der Waals surface area contributed by atoms with E-state index in [9.17, 15) is 0 Å². The Morgan fingerprint density at radius 3 is 2.37 bits per heavy atom. The minimum Gasteiger partial charge on any atom is -0.497 e. The van der Waals surface area contributed by atoms with Gasteiger partial charge in [0.15, 0.2) is 0 Å². The number of benzene rings is 1. The first-order valence-corrected chi connectivity index (χ1v) is 6.32. The zero-order valence-electron chi connectivity index (χ0n) is 12.2. The van der Waals surface area contributed by atoms with E-state index in [0.29, 0.717) is 13.2 Å². The highest BCUT2D eigenvalue weighted by atomic mass is 16.5. The summed E-state index contributed by atoms with van der Waals surface area (Å²) in [7, 11) is 1.66. The van der Waals surface area contributed by atoms with E-state index >= 15 is 0 Å². The van der Waals surface area contributed by atoms with Crippen molar-refractivity contribution in [1.82, 2.24) is 0 Å². The Hall–Kier alpha value is -1.72. The maximum atomic E-state index is 5.58. The van der Waals surface area contributed by atoms with Gasteiger partial charge in [-0.3, -0.25) is 0 Å². The first kappa shape index (κ1) is 15.3. The maximum Gasteiger partial charge on any atom is 0.118 e. The highest BCUT2D eigenvalue weighted by Crippen LogP contribution is 2.12. The van der Waals surface area contributed by atoms with E-state index in [1.807, 2.05) is 24.3 Å². The lowest BCUT2D eigenvalue weighted by molar-refractivity contribution is 0.145. The summed E-state index contributed by atoms with van der Waals surface area (Å²) in [6, 6.07) is 7.82. The van der Waals surface area contributed by atoms with Crippen LogP contribution in [0.3, 0.4) is 0 Å². The lowest BCUT2D eigenvalue weighted by Crippen LogP contribution is -2.01. The molecule has 0 amide bonds. The van der Waals surface area contributed by atoms with Crippen molar-refractivity contribution in [1.29, 1.82) is 0 Å². The van der Waals surface area contributed by atoms with Gasteiger partial charge >= 0.3 is 0 Å². The predicted molar refractivity (Wildman–Crippen MR) is 79.0 cm³/mol. The Morgan fingerprint density at radius 1 is 1.21 bits per heavy atom. The van der Waals surface area contributed by atoms with E-state index in [0.717, 1.165) is 16.9 Å². The molecule has 0 aromatic heterocycles. The normalized spacial score (nSPS) is 10.5. The van der Waals surface area contributed by atoms with Crippen LogP contribution in [-0.2, 0) is 11.3 Å². The molecule has 0 N–H and O–H groups in total. The third-order valence-corrected chi connectivity index (χ3v) is 2.32. The molecule has 0 aliphatic carbocycles. The van der Waals surface area contributed by atoms with Crippen LogP contribution in [0.2, 0.25) is 0 Å².